The van der Waals surface area contributed by atoms with Crippen LogP contribution in [0.15, 0.2) is 16.7 Å². The molecule has 1 aliphatic heterocycles. The van der Waals surface area contributed by atoms with Crippen molar-refractivity contribution in [1.29, 1.82) is 0 Å². The zero-order chi connectivity index (χ0) is 12.6. The van der Waals surface area contributed by atoms with Crippen molar-refractivity contribution in [3.05, 3.63) is 22.3 Å². The number of aromatic carboxylic acids is 1. The molecular formula is C12H15BrN2O2. The highest BCUT2D eigenvalue weighted by molar-refractivity contribution is 9.10. The molecule has 0 amide bonds. The summed E-state index contributed by atoms with van der Waals surface area (Å²) >= 11 is 3.25. The Morgan fingerprint density at radius 3 is 2.59 bits per heavy atom. The summed E-state index contributed by atoms with van der Waals surface area (Å²) in [5, 5.41) is 9.19. The number of hydrogen-bond donors (Lipinski definition) is 1. The number of carboxylic acids is 1. The number of anilines is 1. The van der Waals surface area contributed by atoms with Crippen LogP contribution in [-0.4, -0.2) is 29.1 Å². The van der Waals surface area contributed by atoms with Gasteiger partial charge in [-0.1, -0.05) is 13.8 Å². The molecular weight excluding hydrogens is 284 g/mol. The van der Waals surface area contributed by atoms with Gasteiger partial charge in [-0.05, 0) is 33.8 Å². The fraction of sp³-hybridized carbons (Fsp3) is 0.500. The van der Waals surface area contributed by atoms with Crippen LogP contribution in [0, 0.1) is 11.8 Å². The molecule has 5 heteroatoms. The Bertz CT molecular complexity index is 440. The number of nitrogens with zero attached hydrogens (tertiary/aromatic N) is 2. The molecule has 1 aromatic rings. The van der Waals surface area contributed by atoms with Crippen molar-refractivity contribution in [1.82, 2.24) is 4.98 Å². The van der Waals surface area contributed by atoms with Gasteiger partial charge in [0.15, 0.2) is 0 Å². The summed E-state index contributed by atoms with van der Waals surface area (Å²) in [6.07, 6.45) is 1.65. The Balaban J connectivity index is 2.36. The van der Waals surface area contributed by atoms with Gasteiger partial charge in [-0.25, -0.2) is 9.78 Å². The second-order valence-corrected chi connectivity index (χ2v) is 5.61. The molecule has 0 saturated carbocycles. The molecule has 0 radical (unpaired) electrons. The van der Waals surface area contributed by atoms with Crippen molar-refractivity contribution < 1.29 is 9.90 Å². The molecule has 2 atom stereocenters. The number of carbonyl (C=O) groups is 1. The smallest absolute Gasteiger partial charge is 0.339 e. The minimum atomic E-state index is -0.930. The summed E-state index contributed by atoms with van der Waals surface area (Å²) < 4.78 is 0.693. The summed E-state index contributed by atoms with van der Waals surface area (Å²) in [7, 11) is 0. The van der Waals surface area contributed by atoms with Gasteiger partial charge >= 0.3 is 5.97 Å². The van der Waals surface area contributed by atoms with Crippen LogP contribution in [0.5, 0.6) is 0 Å². The second-order valence-electron chi connectivity index (χ2n) is 4.69. The van der Waals surface area contributed by atoms with Crippen LogP contribution in [0.1, 0.15) is 24.2 Å². The summed E-state index contributed by atoms with van der Waals surface area (Å²) in [6, 6.07) is 1.61. The van der Waals surface area contributed by atoms with Gasteiger partial charge in [0.25, 0.3) is 0 Å². The van der Waals surface area contributed by atoms with Crippen LogP contribution in [0.3, 0.4) is 0 Å². The molecule has 4 nitrogen and oxygen atoms in total. The third kappa shape index (κ3) is 2.44. The molecule has 1 fully saturated rings. The first-order chi connectivity index (χ1) is 7.99. The van der Waals surface area contributed by atoms with Crippen molar-refractivity contribution in [2.45, 2.75) is 13.8 Å². The quantitative estimate of drug-likeness (QED) is 0.912. The Kier molecular flexibility index (Phi) is 3.38. The van der Waals surface area contributed by atoms with E-state index in [0.29, 0.717) is 22.1 Å². The number of halogens is 1. The highest BCUT2D eigenvalue weighted by atomic mass is 79.9. The first kappa shape index (κ1) is 12.4. The molecule has 2 rings (SSSR count). The van der Waals surface area contributed by atoms with Crippen molar-refractivity contribution in [3.63, 3.8) is 0 Å². The van der Waals surface area contributed by atoms with Crippen LogP contribution in [0.25, 0.3) is 0 Å². The third-order valence-corrected chi connectivity index (χ3v) is 3.79. The van der Waals surface area contributed by atoms with E-state index in [1.165, 1.54) is 0 Å². The molecule has 1 aliphatic rings. The lowest BCUT2D eigenvalue weighted by Crippen LogP contribution is -2.23. The Hall–Kier alpha value is -1.10. The van der Waals surface area contributed by atoms with Crippen molar-refractivity contribution in [2.75, 3.05) is 18.0 Å². The van der Waals surface area contributed by atoms with E-state index in [0.717, 1.165) is 13.1 Å². The van der Waals surface area contributed by atoms with E-state index in [1.54, 1.807) is 12.3 Å². The van der Waals surface area contributed by atoms with Crippen LogP contribution in [0.2, 0.25) is 0 Å². The molecule has 1 aromatic heterocycles. The predicted molar refractivity (Wildman–Crippen MR) is 69.4 cm³/mol. The Morgan fingerprint density at radius 1 is 1.47 bits per heavy atom. The first-order valence-corrected chi connectivity index (χ1v) is 6.42. The molecule has 0 bridgehead atoms. The van der Waals surface area contributed by atoms with Crippen molar-refractivity contribution in [3.8, 4) is 0 Å². The summed E-state index contributed by atoms with van der Waals surface area (Å²) in [5.74, 6) is 0.794. The van der Waals surface area contributed by atoms with Gasteiger partial charge in [0, 0.05) is 23.8 Å². The molecule has 2 unspecified atom stereocenters. The highest BCUT2D eigenvalue weighted by Crippen LogP contribution is 2.29. The maximum Gasteiger partial charge on any atom is 0.339 e. The molecule has 2 heterocycles. The SMILES string of the molecule is CC1CN(c2ncc(Br)cc2C(=O)O)CC1C. The average molecular weight is 299 g/mol. The van der Waals surface area contributed by atoms with E-state index in [1.807, 2.05) is 0 Å². The van der Waals surface area contributed by atoms with Crippen molar-refractivity contribution in [2.24, 2.45) is 11.8 Å². The third-order valence-electron chi connectivity index (χ3n) is 3.35. The van der Waals surface area contributed by atoms with Crippen molar-refractivity contribution >= 4 is 27.7 Å². The maximum atomic E-state index is 11.2. The minimum Gasteiger partial charge on any atom is -0.478 e. The van der Waals surface area contributed by atoms with Gasteiger partial charge in [0.2, 0.25) is 0 Å². The fourth-order valence-electron chi connectivity index (χ4n) is 2.14. The van der Waals surface area contributed by atoms with Gasteiger partial charge < -0.3 is 10.0 Å². The zero-order valence-electron chi connectivity index (χ0n) is 9.85. The number of pyridine rings is 1. The number of rotatable bonds is 2. The van der Waals surface area contributed by atoms with E-state index < -0.39 is 5.97 Å². The summed E-state index contributed by atoms with van der Waals surface area (Å²) in [5.41, 5.74) is 0.265. The average Bonchev–Trinajstić information content (AvgIpc) is 2.59. The summed E-state index contributed by atoms with van der Waals surface area (Å²) in [6.45, 7) is 6.11. The van der Waals surface area contributed by atoms with E-state index in [-0.39, 0.29) is 5.56 Å². The van der Waals surface area contributed by atoms with Gasteiger partial charge in [0.05, 0.1) is 0 Å². The molecule has 1 saturated heterocycles. The normalized spacial score (nSPS) is 24.1. The first-order valence-electron chi connectivity index (χ1n) is 5.63. The number of hydrogen-bond acceptors (Lipinski definition) is 3. The van der Waals surface area contributed by atoms with Crippen LogP contribution in [0.4, 0.5) is 5.82 Å². The highest BCUT2D eigenvalue weighted by Gasteiger charge is 2.29. The lowest BCUT2D eigenvalue weighted by molar-refractivity contribution is 0.0697. The largest absolute Gasteiger partial charge is 0.478 e. The minimum absolute atomic E-state index is 0.265. The lowest BCUT2D eigenvalue weighted by atomic mass is 10.0. The van der Waals surface area contributed by atoms with Crippen LogP contribution in [-0.2, 0) is 0 Å². The standard InChI is InChI=1S/C12H15BrN2O2/c1-7-5-15(6-8(7)2)11-10(12(16)17)3-9(13)4-14-11/h3-4,7-8H,5-6H2,1-2H3,(H,16,17). The van der Waals surface area contributed by atoms with E-state index >= 15 is 0 Å². The van der Waals surface area contributed by atoms with Gasteiger partial charge in [-0.15, -0.1) is 0 Å². The van der Waals surface area contributed by atoms with Crippen LogP contribution >= 0.6 is 15.9 Å². The van der Waals surface area contributed by atoms with Gasteiger partial charge in [-0.3, -0.25) is 0 Å². The molecule has 0 aliphatic carbocycles. The van der Waals surface area contributed by atoms with E-state index in [2.05, 4.69) is 39.7 Å². The molecule has 17 heavy (non-hydrogen) atoms. The topological polar surface area (TPSA) is 53.4 Å². The molecule has 1 N–H and O–H groups in total. The van der Waals surface area contributed by atoms with Crippen LogP contribution < -0.4 is 4.90 Å². The van der Waals surface area contributed by atoms with Gasteiger partial charge in [0.1, 0.15) is 11.4 Å². The zero-order valence-corrected chi connectivity index (χ0v) is 11.4. The maximum absolute atomic E-state index is 11.2. The molecule has 92 valence electrons. The lowest BCUT2D eigenvalue weighted by Gasteiger charge is -2.19. The monoisotopic (exact) mass is 298 g/mol. The van der Waals surface area contributed by atoms with E-state index in [9.17, 15) is 9.90 Å². The molecule has 0 aromatic carbocycles. The number of carboxylic acid groups (broad SMARTS) is 1. The fourth-order valence-corrected chi connectivity index (χ4v) is 2.48. The predicted octanol–water partition coefficient (Wildman–Crippen LogP) is 2.63. The number of aromatic nitrogens is 1. The second kappa shape index (κ2) is 4.64. The Labute approximate surface area is 109 Å². The Morgan fingerprint density at radius 2 is 2.06 bits per heavy atom. The molecule has 0 spiro atoms. The van der Waals surface area contributed by atoms with E-state index in [4.69, 9.17) is 0 Å². The summed E-state index contributed by atoms with van der Waals surface area (Å²) in [4.78, 5) is 17.5. The van der Waals surface area contributed by atoms with Gasteiger partial charge in [-0.2, -0.15) is 0 Å².